The Morgan fingerprint density at radius 3 is 2.58 bits per heavy atom. The highest BCUT2D eigenvalue weighted by molar-refractivity contribution is 5.93. The second kappa shape index (κ2) is 9.57. The molecule has 1 aliphatic rings. The van der Waals surface area contributed by atoms with Gasteiger partial charge in [-0.25, -0.2) is 0 Å². The average molecular weight is 376 g/mol. The van der Waals surface area contributed by atoms with Gasteiger partial charge < -0.3 is 15.8 Å². The summed E-state index contributed by atoms with van der Waals surface area (Å²) >= 11 is 0. The SMILES string of the molecule is CCOc1ccccc1NC(=O)CN1C[C@@H](N)[C@H](c2ccccc2)C1.Cl. The Bertz CT molecular complexity index is 711. The number of halogens is 1. The van der Waals surface area contributed by atoms with Crippen LogP contribution in [-0.4, -0.2) is 43.1 Å². The number of rotatable bonds is 6. The second-order valence-corrected chi connectivity index (χ2v) is 6.35. The van der Waals surface area contributed by atoms with E-state index in [1.807, 2.05) is 49.4 Å². The molecule has 2 aromatic carbocycles. The maximum atomic E-state index is 12.4. The normalized spacial score (nSPS) is 19.6. The van der Waals surface area contributed by atoms with Crippen molar-refractivity contribution in [3.05, 3.63) is 60.2 Å². The van der Waals surface area contributed by atoms with Crippen LogP contribution in [0.4, 0.5) is 5.69 Å². The van der Waals surface area contributed by atoms with E-state index in [-0.39, 0.29) is 30.3 Å². The van der Waals surface area contributed by atoms with Crippen molar-refractivity contribution in [1.29, 1.82) is 0 Å². The lowest BCUT2D eigenvalue weighted by Crippen LogP contribution is -2.33. The molecule has 1 amide bonds. The summed E-state index contributed by atoms with van der Waals surface area (Å²) in [5.41, 5.74) is 8.24. The van der Waals surface area contributed by atoms with Crippen molar-refractivity contribution in [3.8, 4) is 5.75 Å². The van der Waals surface area contributed by atoms with Crippen LogP contribution in [0.25, 0.3) is 0 Å². The maximum absolute atomic E-state index is 12.4. The first kappa shape index (κ1) is 20.2. The van der Waals surface area contributed by atoms with E-state index < -0.39 is 0 Å². The standard InChI is InChI=1S/C20H25N3O2.ClH/c1-2-25-19-11-7-6-10-18(19)22-20(24)14-23-12-16(17(21)13-23)15-8-4-3-5-9-15;/h3-11,16-17H,2,12-14,21H2,1H3,(H,22,24);1H/t16-,17+;/m0./s1. The van der Waals surface area contributed by atoms with Crippen molar-refractivity contribution < 1.29 is 9.53 Å². The summed E-state index contributed by atoms with van der Waals surface area (Å²) in [6.07, 6.45) is 0. The quantitative estimate of drug-likeness (QED) is 0.814. The number of hydrogen-bond acceptors (Lipinski definition) is 4. The lowest BCUT2D eigenvalue weighted by molar-refractivity contribution is -0.117. The third-order valence-corrected chi connectivity index (χ3v) is 4.50. The van der Waals surface area contributed by atoms with Gasteiger partial charge >= 0.3 is 0 Å². The summed E-state index contributed by atoms with van der Waals surface area (Å²) < 4.78 is 5.55. The van der Waals surface area contributed by atoms with Crippen molar-refractivity contribution in [2.24, 2.45) is 5.73 Å². The van der Waals surface area contributed by atoms with E-state index in [4.69, 9.17) is 10.5 Å². The molecule has 1 fully saturated rings. The van der Waals surface area contributed by atoms with Crippen molar-refractivity contribution in [2.75, 3.05) is 31.6 Å². The summed E-state index contributed by atoms with van der Waals surface area (Å²) in [5.74, 6) is 0.913. The Hall–Kier alpha value is -2.08. The molecule has 140 valence electrons. The number of nitrogens with zero attached hydrogens (tertiary/aromatic N) is 1. The van der Waals surface area contributed by atoms with Gasteiger partial charge in [-0.3, -0.25) is 9.69 Å². The Labute approximate surface area is 160 Å². The number of benzene rings is 2. The Kier molecular flexibility index (Phi) is 7.45. The first-order chi connectivity index (χ1) is 12.2. The highest BCUT2D eigenvalue weighted by Gasteiger charge is 2.32. The zero-order valence-corrected chi connectivity index (χ0v) is 15.7. The number of carbonyl (C=O) groups excluding carboxylic acids is 1. The molecule has 3 rings (SSSR count). The highest BCUT2D eigenvalue weighted by Crippen LogP contribution is 2.27. The van der Waals surface area contributed by atoms with Crippen molar-refractivity contribution in [3.63, 3.8) is 0 Å². The molecule has 2 atom stereocenters. The lowest BCUT2D eigenvalue weighted by atomic mass is 9.95. The fourth-order valence-electron chi connectivity index (χ4n) is 3.34. The molecule has 2 aromatic rings. The topological polar surface area (TPSA) is 67.6 Å². The highest BCUT2D eigenvalue weighted by atomic mass is 35.5. The van der Waals surface area contributed by atoms with Crippen LogP contribution in [0.15, 0.2) is 54.6 Å². The van der Waals surface area contributed by atoms with E-state index in [2.05, 4.69) is 22.3 Å². The number of amides is 1. The van der Waals surface area contributed by atoms with Gasteiger partial charge in [0.2, 0.25) is 5.91 Å². The number of ether oxygens (including phenoxy) is 1. The Balaban J connectivity index is 0.00000243. The van der Waals surface area contributed by atoms with E-state index in [1.165, 1.54) is 5.56 Å². The van der Waals surface area contributed by atoms with Crippen LogP contribution in [0.2, 0.25) is 0 Å². The van der Waals surface area contributed by atoms with Gasteiger partial charge in [-0.05, 0) is 24.6 Å². The molecule has 0 radical (unpaired) electrons. The van der Waals surface area contributed by atoms with Crippen LogP contribution in [0.3, 0.4) is 0 Å². The number of likely N-dealkylation sites (tertiary alicyclic amines) is 1. The van der Waals surface area contributed by atoms with Gasteiger partial charge in [0.25, 0.3) is 0 Å². The minimum atomic E-state index is -0.0481. The predicted octanol–water partition coefficient (Wildman–Crippen LogP) is 2.87. The number of para-hydroxylation sites is 2. The van der Waals surface area contributed by atoms with Crippen LogP contribution >= 0.6 is 12.4 Å². The number of nitrogens with one attached hydrogen (secondary N) is 1. The van der Waals surface area contributed by atoms with Crippen LogP contribution < -0.4 is 15.8 Å². The summed E-state index contributed by atoms with van der Waals surface area (Å²) in [6, 6.07) is 17.8. The first-order valence-electron chi connectivity index (χ1n) is 8.72. The minimum Gasteiger partial charge on any atom is -0.492 e. The molecule has 5 nitrogen and oxygen atoms in total. The van der Waals surface area contributed by atoms with Gasteiger partial charge in [0.1, 0.15) is 5.75 Å². The lowest BCUT2D eigenvalue weighted by Gasteiger charge is -2.17. The Morgan fingerprint density at radius 1 is 1.15 bits per heavy atom. The second-order valence-electron chi connectivity index (χ2n) is 6.35. The molecule has 0 aliphatic carbocycles. The van der Waals surface area contributed by atoms with Gasteiger partial charge in [0.05, 0.1) is 18.8 Å². The molecular weight excluding hydrogens is 350 g/mol. The maximum Gasteiger partial charge on any atom is 0.238 e. The number of carbonyl (C=O) groups is 1. The molecule has 0 aromatic heterocycles. The zero-order chi connectivity index (χ0) is 17.6. The largest absolute Gasteiger partial charge is 0.492 e. The molecule has 6 heteroatoms. The molecule has 26 heavy (non-hydrogen) atoms. The summed E-state index contributed by atoms with van der Waals surface area (Å²) in [7, 11) is 0. The molecule has 0 saturated carbocycles. The average Bonchev–Trinajstić information content (AvgIpc) is 2.98. The number of anilines is 1. The monoisotopic (exact) mass is 375 g/mol. The van der Waals surface area contributed by atoms with Crippen LogP contribution in [0.1, 0.15) is 18.4 Å². The number of hydrogen-bond donors (Lipinski definition) is 2. The third-order valence-electron chi connectivity index (χ3n) is 4.50. The van der Waals surface area contributed by atoms with Crippen molar-refractivity contribution in [1.82, 2.24) is 4.90 Å². The van der Waals surface area contributed by atoms with E-state index >= 15 is 0 Å². The van der Waals surface area contributed by atoms with Crippen molar-refractivity contribution >= 4 is 24.0 Å². The van der Waals surface area contributed by atoms with Crippen LogP contribution in [0, 0.1) is 0 Å². The number of nitrogens with two attached hydrogens (primary N) is 1. The van der Waals surface area contributed by atoms with Crippen molar-refractivity contribution in [2.45, 2.75) is 18.9 Å². The van der Waals surface area contributed by atoms with Crippen LogP contribution in [-0.2, 0) is 4.79 Å². The molecule has 1 aliphatic heterocycles. The van der Waals surface area contributed by atoms with E-state index in [0.29, 0.717) is 24.6 Å². The fraction of sp³-hybridized carbons (Fsp3) is 0.350. The van der Waals surface area contributed by atoms with Gasteiger partial charge in [0.15, 0.2) is 0 Å². The molecule has 1 heterocycles. The molecule has 3 N–H and O–H groups in total. The van der Waals surface area contributed by atoms with E-state index in [0.717, 1.165) is 13.1 Å². The molecule has 0 spiro atoms. The zero-order valence-electron chi connectivity index (χ0n) is 14.9. The van der Waals surface area contributed by atoms with Gasteiger partial charge in [-0.2, -0.15) is 0 Å². The van der Waals surface area contributed by atoms with E-state index in [1.54, 1.807) is 0 Å². The fourth-order valence-corrected chi connectivity index (χ4v) is 3.34. The minimum absolute atomic E-state index is 0. The van der Waals surface area contributed by atoms with E-state index in [9.17, 15) is 4.79 Å². The van der Waals surface area contributed by atoms with Gasteiger partial charge in [-0.15, -0.1) is 12.4 Å². The summed E-state index contributed by atoms with van der Waals surface area (Å²) in [4.78, 5) is 14.5. The molecule has 1 saturated heterocycles. The smallest absolute Gasteiger partial charge is 0.238 e. The summed E-state index contributed by atoms with van der Waals surface area (Å²) in [6.45, 7) is 4.34. The predicted molar refractivity (Wildman–Crippen MR) is 107 cm³/mol. The van der Waals surface area contributed by atoms with Gasteiger partial charge in [0, 0.05) is 25.0 Å². The molecule has 0 unspecified atom stereocenters. The first-order valence-corrected chi connectivity index (χ1v) is 8.72. The van der Waals surface area contributed by atoms with Gasteiger partial charge in [-0.1, -0.05) is 42.5 Å². The molecule has 0 bridgehead atoms. The summed E-state index contributed by atoms with van der Waals surface area (Å²) in [5, 5.41) is 2.95. The molecular formula is C20H26ClN3O2. The van der Waals surface area contributed by atoms with Crippen LogP contribution in [0.5, 0.6) is 5.75 Å². The third kappa shape index (κ3) is 4.97. The Morgan fingerprint density at radius 2 is 1.85 bits per heavy atom.